The number of rotatable bonds is 3. The highest BCUT2D eigenvalue weighted by Crippen LogP contribution is 2.26. The average molecular weight is 261 g/mol. The Morgan fingerprint density at radius 1 is 1.56 bits per heavy atom. The second kappa shape index (κ2) is 5.24. The summed E-state index contributed by atoms with van der Waals surface area (Å²) >= 11 is 1.85. The van der Waals surface area contributed by atoms with E-state index in [1.807, 2.05) is 17.5 Å². The van der Waals surface area contributed by atoms with Gasteiger partial charge in [-0.05, 0) is 37.8 Å². The molecule has 1 N–H and O–H groups in total. The molecule has 2 aromatic rings. The number of aryl methyl sites for hydroxylation is 1. The molecule has 0 aliphatic carbocycles. The van der Waals surface area contributed by atoms with Gasteiger partial charge in [0, 0.05) is 35.8 Å². The first-order chi connectivity index (χ1) is 8.81. The van der Waals surface area contributed by atoms with Crippen molar-refractivity contribution in [2.45, 2.75) is 32.2 Å². The number of hydrogen-bond acceptors (Lipinski definition) is 3. The summed E-state index contributed by atoms with van der Waals surface area (Å²) < 4.78 is 0. The van der Waals surface area contributed by atoms with Gasteiger partial charge in [-0.2, -0.15) is 0 Å². The van der Waals surface area contributed by atoms with E-state index in [0.29, 0.717) is 5.92 Å². The Hall–Kier alpha value is -1.13. The molecule has 0 spiro atoms. The van der Waals surface area contributed by atoms with E-state index < -0.39 is 0 Å². The number of aromatic nitrogens is 2. The summed E-state index contributed by atoms with van der Waals surface area (Å²) in [6.45, 7) is 5.51. The maximum Gasteiger partial charge on any atom is 0.110 e. The molecule has 3 rings (SSSR count). The van der Waals surface area contributed by atoms with Crippen LogP contribution in [0.2, 0.25) is 0 Å². The van der Waals surface area contributed by atoms with Crippen molar-refractivity contribution in [3.8, 4) is 0 Å². The molecule has 3 heterocycles. The lowest BCUT2D eigenvalue weighted by Gasteiger charge is -2.31. The number of piperidine rings is 1. The lowest BCUT2D eigenvalue weighted by atomic mass is 9.97. The van der Waals surface area contributed by atoms with Crippen LogP contribution in [0.25, 0.3) is 0 Å². The minimum atomic E-state index is 0.576. The smallest absolute Gasteiger partial charge is 0.110 e. The maximum absolute atomic E-state index is 4.49. The Balaban J connectivity index is 1.65. The van der Waals surface area contributed by atoms with Gasteiger partial charge in [0.1, 0.15) is 5.82 Å². The number of thiophene rings is 1. The third-order valence-electron chi connectivity index (χ3n) is 3.57. The first-order valence-corrected chi connectivity index (χ1v) is 7.45. The largest absolute Gasteiger partial charge is 0.346 e. The zero-order chi connectivity index (χ0) is 12.4. The lowest BCUT2D eigenvalue weighted by molar-refractivity contribution is 0.198. The minimum absolute atomic E-state index is 0.576. The molecule has 1 atom stereocenters. The highest BCUT2D eigenvalue weighted by atomic mass is 32.1. The molecule has 18 heavy (non-hydrogen) atoms. The molecule has 0 bridgehead atoms. The summed E-state index contributed by atoms with van der Waals surface area (Å²) in [5.74, 6) is 1.75. The van der Waals surface area contributed by atoms with Crippen molar-refractivity contribution in [1.82, 2.24) is 14.9 Å². The van der Waals surface area contributed by atoms with Crippen LogP contribution in [0.1, 0.15) is 35.2 Å². The second-order valence-electron chi connectivity index (χ2n) is 5.11. The third kappa shape index (κ3) is 2.65. The molecule has 1 saturated heterocycles. The first-order valence-electron chi connectivity index (χ1n) is 6.57. The van der Waals surface area contributed by atoms with Crippen molar-refractivity contribution in [3.63, 3.8) is 0 Å². The summed E-state index contributed by atoms with van der Waals surface area (Å²) in [6.07, 6.45) is 4.47. The second-order valence-corrected chi connectivity index (χ2v) is 6.14. The summed E-state index contributed by atoms with van der Waals surface area (Å²) in [4.78, 5) is 11.9. The Labute approximate surface area is 112 Å². The Morgan fingerprint density at radius 2 is 2.50 bits per heavy atom. The van der Waals surface area contributed by atoms with Gasteiger partial charge in [0.15, 0.2) is 0 Å². The van der Waals surface area contributed by atoms with E-state index in [4.69, 9.17) is 0 Å². The number of H-pyrrole nitrogens is 1. The van der Waals surface area contributed by atoms with Crippen molar-refractivity contribution in [1.29, 1.82) is 0 Å². The molecule has 2 aromatic heterocycles. The van der Waals surface area contributed by atoms with Crippen LogP contribution < -0.4 is 0 Å². The van der Waals surface area contributed by atoms with Gasteiger partial charge in [-0.25, -0.2) is 4.98 Å². The molecule has 3 nitrogen and oxygen atoms in total. The van der Waals surface area contributed by atoms with Crippen molar-refractivity contribution < 1.29 is 0 Å². The first kappa shape index (κ1) is 11.9. The predicted octanol–water partition coefficient (Wildman–Crippen LogP) is 3.16. The molecule has 1 fully saturated rings. The fourth-order valence-electron chi connectivity index (χ4n) is 2.69. The van der Waals surface area contributed by atoms with Crippen molar-refractivity contribution in [3.05, 3.63) is 40.1 Å². The highest BCUT2D eigenvalue weighted by molar-refractivity contribution is 7.09. The van der Waals surface area contributed by atoms with Crippen LogP contribution in [0.15, 0.2) is 23.7 Å². The average Bonchev–Trinajstić information content (AvgIpc) is 3.01. The van der Waals surface area contributed by atoms with Gasteiger partial charge >= 0.3 is 0 Å². The van der Waals surface area contributed by atoms with Gasteiger partial charge in [-0.15, -0.1) is 11.3 Å². The summed E-state index contributed by atoms with van der Waals surface area (Å²) in [5.41, 5.74) is 1.17. The van der Waals surface area contributed by atoms with Gasteiger partial charge in [-0.3, -0.25) is 4.90 Å². The number of hydrogen-bond donors (Lipinski definition) is 1. The molecule has 0 saturated carbocycles. The number of aromatic amines is 1. The van der Waals surface area contributed by atoms with Crippen LogP contribution in [0.5, 0.6) is 0 Å². The van der Waals surface area contributed by atoms with Crippen molar-refractivity contribution in [2.24, 2.45) is 0 Å². The van der Waals surface area contributed by atoms with Gasteiger partial charge in [-0.1, -0.05) is 6.07 Å². The van der Waals surface area contributed by atoms with Crippen LogP contribution in [0.3, 0.4) is 0 Å². The van der Waals surface area contributed by atoms with Crippen LogP contribution >= 0.6 is 11.3 Å². The molecule has 1 aliphatic rings. The zero-order valence-corrected chi connectivity index (χ0v) is 11.5. The molecule has 96 valence electrons. The van der Waals surface area contributed by atoms with Gasteiger partial charge in [0.05, 0.1) is 0 Å². The van der Waals surface area contributed by atoms with Gasteiger partial charge in [0.2, 0.25) is 0 Å². The lowest BCUT2D eigenvalue weighted by Crippen LogP contribution is -2.34. The van der Waals surface area contributed by atoms with E-state index in [9.17, 15) is 0 Å². The fourth-order valence-corrected chi connectivity index (χ4v) is 3.43. The molecule has 1 aliphatic heterocycles. The Morgan fingerprint density at radius 3 is 3.22 bits per heavy atom. The third-order valence-corrected chi connectivity index (χ3v) is 4.44. The van der Waals surface area contributed by atoms with Crippen LogP contribution in [-0.2, 0) is 6.54 Å². The molecular weight excluding hydrogens is 242 g/mol. The summed E-state index contributed by atoms with van der Waals surface area (Å²) in [7, 11) is 0. The highest BCUT2D eigenvalue weighted by Gasteiger charge is 2.23. The van der Waals surface area contributed by atoms with E-state index in [2.05, 4.69) is 39.3 Å². The Kier molecular flexibility index (Phi) is 3.48. The normalized spacial score (nSPS) is 21.3. The number of likely N-dealkylation sites (tertiary alicyclic amines) is 1. The summed E-state index contributed by atoms with van der Waals surface area (Å²) in [5, 5.41) is 2.16. The van der Waals surface area contributed by atoms with E-state index in [1.165, 1.54) is 35.8 Å². The van der Waals surface area contributed by atoms with Crippen molar-refractivity contribution in [2.75, 3.05) is 13.1 Å². The summed E-state index contributed by atoms with van der Waals surface area (Å²) in [6, 6.07) is 4.36. The van der Waals surface area contributed by atoms with Crippen molar-refractivity contribution >= 4 is 11.3 Å². The molecule has 1 unspecified atom stereocenters. The van der Waals surface area contributed by atoms with Gasteiger partial charge < -0.3 is 4.98 Å². The molecule has 0 radical (unpaired) electrons. The van der Waals surface area contributed by atoms with E-state index in [1.54, 1.807) is 0 Å². The van der Waals surface area contributed by atoms with Gasteiger partial charge in [0.25, 0.3) is 0 Å². The van der Waals surface area contributed by atoms with E-state index in [0.717, 1.165) is 13.1 Å². The molecule has 0 amide bonds. The SMILES string of the molecule is Cc1cnc(C2CCCN(Cc3cccs3)C2)[nH]1. The fraction of sp³-hybridized carbons (Fsp3) is 0.500. The monoisotopic (exact) mass is 261 g/mol. The number of imidazole rings is 1. The zero-order valence-electron chi connectivity index (χ0n) is 10.7. The molecule has 0 aromatic carbocycles. The van der Waals surface area contributed by atoms with Crippen LogP contribution in [0, 0.1) is 6.92 Å². The minimum Gasteiger partial charge on any atom is -0.346 e. The quantitative estimate of drug-likeness (QED) is 0.920. The number of nitrogens with zero attached hydrogens (tertiary/aromatic N) is 2. The Bertz CT molecular complexity index is 489. The molecule has 4 heteroatoms. The van der Waals surface area contributed by atoms with E-state index in [-0.39, 0.29) is 0 Å². The maximum atomic E-state index is 4.49. The molecular formula is C14H19N3S. The number of nitrogens with one attached hydrogen (secondary N) is 1. The van der Waals surface area contributed by atoms with Crippen LogP contribution in [-0.4, -0.2) is 28.0 Å². The van der Waals surface area contributed by atoms with E-state index >= 15 is 0 Å². The topological polar surface area (TPSA) is 31.9 Å². The predicted molar refractivity (Wildman–Crippen MR) is 74.9 cm³/mol. The van der Waals surface area contributed by atoms with Crippen LogP contribution in [0.4, 0.5) is 0 Å². The standard InChI is InChI=1S/C14H19N3S/c1-11-8-15-14(16-11)12-4-2-6-17(9-12)10-13-5-3-7-18-13/h3,5,7-8,12H,2,4,6,9-10H2,1H3,(H,15,16).